The van der Waals surface area contributed by atoms with E-state index >= 15 is 0 Å². The Morgan fingerprint density at radius 3 is 2.83 bits per heavy atom. The van der Waals surface area contributed by atoms with Gasteiger partial charge in [-0.1, -0.05) is 19.4 Å². The minimum absolute atomic E-state index is 0.131. The standard InChI is InChI=1S/C18H31N3O3/c1-4-6-14-24-17(23)21-13-12-19(3)18(15-21)8-7-16(22)20(10-5-2)11-9-18/h5H,2,4,6-15H2,1,3H3/t18-/m0/s1. The summed E-state index contributed by atoms with van der Waals surface area (Å²) in [7, 11) is 2.10. The van der Waals surface area contributed by atoms with Crippen LogP contribution in [0, 0.1) is 0 Å². The number of likely N-dealkylation sites (N-methyl/N-ethyl adjacent to an activating group) is 1. The van der Waals surface area contributed by atoms with Gasteiger partial charge in [-0.3, -0.25) is 9.69 Å². The van der Waals surface area contributed by atoms with Gasteiger partial charge in [0.15, 0.2) is 0 Å². The van der Waals surface area contributed by atoms with Crippen LogP contribution in [0.2, 0.25) is 0 Å². The number of rotatable bonds is 5. The van der Waals surface area contributed by atoms with Crippen molar-refractivity contribution in [1.29, 1.82) is 0 Å². The first-order chi connectivity index (χ1) is 11.5. The molecule has 2 saturated heterocycles. The van der Waals surface area contributed by atoms with Gasteiger partial charge >= 0.3 is 6.09 Å². The largest absolute Gasteiger partial charge is 0.449 e. The molecule has 2 amide bonds. The number of ether oxygens (including phenoxy) is 1. The van der Waals surface area contributed by atoms with E-state index in [0.29, 0.717) is 39.2 Å². The summed E-state index contributed by atoms with van der Waals surface area (Å²) in [4.78, 5) is 30.6. The molecule has 1 atom stereocenters. The topological polar surface area (TPSA) is 53.1 Å². The van der Waals surface area contributed by atoms with Gasteiger partial charge in [0, 0.05) is 44.7 Å². The van der Waals surface area contributed by atoms with Crippen molar-refractivity contribution in [3.8, 4) is 0 Å². The number of amides is 2. The average Bonchev–Trinajstić information content (AvgIpc) is 2.72. The zero-order valence-corrected chi connectivity index (χ0v) is 15.1. The second kappa shape index (κ2) is 8.51. The Hall–Kier alpha value is -1.56. The highest BCUT2D eigenvalue weighted by atomic mass is 16.6. The second-order valence-electron chi connectivity index (χ2n) is 6.91. The molecule has 0 N–H and O–H groups in total. The lowest BCUT2D eigenvalue weighted by atomic mass is 9.86. The molecular weight excluding hydrogens is 306 g/mol. The van der Waals surface area contributed by atoms with Crippen LogP contribution >= 0.6 is 0 Å². The molecule has 2 aliphatic rings. The van der Waals surface area contributed by atoms with E-state index in [0.717, 1.165) is 32.2 Å². The summed E-state index contributed by atoms with van der Waals surface area (Å²) in [6.45, 7) is 9.77. The van der Waals surface area contributed by atoms with E-state index in [4.69, 9.17) is 4.74 Å². The molecule has 6 nitrogen and oxygen atoms in total. The number of nitrogens with zero attached hydrogens (tertiary/aromatic N) is 3. The Labute approximate surface area is 145 Å². The minimum Gasteiger partial charge on any atom is -0.449 e. The van der Waals surface area contributed by atoms with Crippen molar-refractivity contribution < 1.29 is 14.3 Å². The van der Waals surface area contributed by atoms with Crippen molar-refractivity contribution in [1.82, 2.24) is 14.7 Å². The van der Waals surface area contributed by atoms with E-state index in [1.54, 1.807) is 6.08 Å². The summed E-state index contributed by atoms with van der Waals surface area (Å²) in [5.74, 6) is 0.183. The number of carbonyl (C=O) groups excluding carboxylic acids is 2. The molecule has 6 heteroatoms. The lowest BCUT2D eigenvalue weighted by molar-refractivity contribution is -0.130. The minimum atomic E-state index is -0.213. The molecule has 0 bridgehead atoms. The lowest BCUT2D eigenvalue weighted by Crippen LogP contribution is -2.62. The normalized spacial score (nSPS) is 25.7. The molecule has 2 aliphatic heterocycles. The van der Waals surface area contributed by atoms with Crippen molar-refractivity contribution >= 4 is 12.0 Å². The van der Waals surface area contributed by atoms with Crippen molar-refractivity contribution in [2.75, 3.05) is 46.4 Å². The third-order valence-electron chi connectivity index (χ3n) is 5.34. The van der Waals surface area contributed by atoms with Crippen LogP contribution in [0.15, 0.2) is 12.7 Å². The zero-order chi connectivity index (χ0) is 17.6. The third kappa shape index (κ3) is 4.29. The number of hydrogen-bond donors (Lipinski definition) is 0. The predicted molar refractivity (Wildman–Crippen MR) is 93.8 cm³/mol. The average molecular weight is 337 g/mol. The fourth-order valence-corrected chi connectivity index (χ4v) is 3.59. The van der Waals surface area contributed by atoms with Crippen molar-refractivity contribution in [3.05, 3.63) is 12.7 Å². The van der Waals surface area contributed by atoms with Crippen LogP contribution in [0.4, 0.5) is 4.79 Å². The molecule has 2 fully saturated rings. The van der Waals surface area contributed by atoms with Gasteiger partial charge in [-0.05, 0) is 26.3 Å². The van der Waals surface area contributed by atoms with E-state index < -0.39 is 0 Å². The summed E-state index contributed by atoms with van der Waals surface area (Å²) in [6, 6.07) is 0. The number of hydrogen-bond acceptors (Lipinski definition) is 4. The van der Waals surface area contributed by atoms with Gasteiger partial charge in [0.2, 0.25) is 5.91 Å². The van der Waals surface area contributed by atoms with E-state index in [-0.39, 0.29) is 17.5 Å². The molecule has 0 radical (unpaired) electrons. The molecule has 2 heterocycles. The van der Waals surface area contributed by atoms with E-state index in [2.05, 4.69) is 25.5 Å². The first kappa shape index (κ1) is 18.8. The Morgan fingerprint density at radius 2 is 2.12 bits per heavy atom. The summed E-state index contributed by atoms with van der Waals surface area (Å²) >= 11 is 0. The molecule has 136 valence electrons. The van der Waals surface area contributed by atoms with Gasteiger partial charge in [-0.15, -0.1) is 6.58 Å². The third-order valence-corrected chi connectivity index (χ3v) is 5.34. The molecule has 2 rings (SSSR count). The maximum absolute atomic E-state index is 12.3. The molecule has 0 aromatic carbocycles. The van der Waals surface area contributed by atoms with Gasteiger partial charge in [-0.2, -0.15) is 0 Å². The summed E-state index contributed by atoms with van der Waals surface area (Å²) in [5, 5.41) is 0. The van der Waals surface area contributed by atoms with Gasteiger partial charge in [0.05, 0.1) is 6.61 Å². The second-order valence-corrected chi connectivity index (χ2v) is 6.91. The van der Waals surface area contributed by atoms with Gasteiger partial charge in [-0.25, -0.2) is 4.79 Å². The maximum atomic E-state index is 12.3. The molecule has 0 unspecified atom stereocenters. The van der Waals surface area contributed by atoms with Crippen LogP contribution in [0.25, 0.3) is 0 Å². The highest BCUT2D eigenvalue weighted by Gasteiger charge is 2.43. The van der Waals surface area contributed by atoms with Crippen molar-refractivity contribution in [2.24, 2.45) is 0 Å². The molecule has 24 heavy (non-hydrogen) atoms. The van der Waals surface area contributed by atoms with Crippen LogP contribution in [-0.4, -0.2) is 78.6 Å². The van der Waals surface area contributed by atoms with E-state index in [1.165, 1.54) is 0 Å². The molecule has 0 aliphatic carbocycles. The number of carbonyl (C=O) groups is 2. The summed E-state index contributed by atoms with van der Waals surface area (Å²) < 4.78 is 5.38. The highest BCUT2D eigenvalue weighted by molar-refractivity contribution is 5.77. The molecule has 0 saturated carbocycles. The monoisotopic (exact) mass is 337 g/mol. The summed E-state index contributed by atoms with van der Waals surface area (Å²) in [5.41, 5.74) is -0.131. The van der Waals surface area contributed by atoms with E-state index in [9.17, 15) is 9.59 Å². The molecular formula is C18H31N3O3. The lowest BCUT2D eigenvalue weighted by Gasteiger charge is -2.48. The number of unbranched alkanes of at least 4 members (excludes halogenated alkanes) is 1. The van der Waals surface area contributed by atoms with Gasteiger partial charge < -0.3 is 14.5 Å². The van der Waals surface area contributed by atoms with Gasteiger partial charge in [0.1, 0.15) is 0 Å². The number of piperazine rings is 1. The maximum Gasteiger partial charge on any atom is 0.409 e. The van der Waals surface area contributed by atoms with Crippen LogP contribution < -0.4 is 0 Å². The highest BCUT2D eigenvalue weighted by Crippen LogP contribution is 2.32. The number of likely N-dealkylation sites (tertiary alicyclic amines) is 1. The van der Waals surface area contributed by atoms with Crippen LogP contribution in [0.3, 0.4) is 0 Å². The molecule has 1 spiro atoms. The SMILES string of the molecule is C=CCN1CC[C@@]2(CCC1=O)CN(C(=O)OCCCC)CCN2C. The Balaban J connectivity index is 2.02. The molecule has 0 aromatic rings. The van der Waals surface area contributed by atoms with Crippen molar-refractivity contribution in [3.63, 3.8) is 0 Å². The van der Waals surface area contributed by atoms with Crippen LogP contribution in [0.1, 0.15) is 39.0 Å². The molecule has 0 aromatic heterocycles. The quantitative estimate of drug-likeness (QED) is 0.569. The fourth-order valence-electron chi connectivity index (χ4n) is 3.59. The van der Waals surface area contributed by atoms with Crippen molar-refractivity contribution in [2.45, 2.75) is 44.6 Å². The smallest absolute Gasteiger partial charge is 0.409 e. The first-order valence-corrected chi connectivity index (χ1v) is 9.04. The predicted octanol–water partition coefficient (Wildman–Crippen LogP) is 2.11. The summed E-state index contributed by atoms with van der Waals surface area (Å²) in [6.07, 6.45) is 5.66. The zero-order valence-electron chi connectivity index (χ0n) is 15.1. The van der Waals surface area contributed by atoms with Crippen LogP contribution in [0.5, 0.6) is 0 Å². The first-order valence-electron chi connectivity index (χ1n) is 9.04. The Kier molecular flexibility index (Phi) is 6.66. The van der Waals surface area contributed by atoms with Crippen LogP contribution in [-0.2, 0) is 9.53 Å². The fraction of sp³-hybridized carbons (Fsp3) is 0.778. The van der Waals surface area contributed by atoms with E-state index in [1.807, 2.05) is 9.80 Å². The Morgan fingerprint density at radius 1 is 1.33 bits per heavy atom. The van der Waals surface area contributed by atoms with Gasteiger partial charge in [0.25, 0.3) is 0 Å². The Bertz CT molecular complexity index is 468.